The fourth-order valence-corrected chi connectivity index (χ4v) is 2.28. The van der Waals surface area contributed by atoms with Gasteiger partial charge in [0.2, 0.25) is 0 Å². The van der Waals surface area contributed by atoms with Crippen LogP contribution in [0.4, 0.5) is 0 Å². The third kappa shape index (κ3) is 3.25. The van der Waals surface area contributed by atoms with Gasteiger partial charge in [0, 0.05) is 12.6 Å². The first kappa shape index (κ1) is 12.0. The minimum Gasteiger partial charge on any atom is -0.392 e. The predicted octanol–water partition coefficient (Wildman–Crippen LogP) is 2.12. The first-order valence-corrected chi connectivity index (χ1v) is 5.92. The van der Waals surface area contributed by atoms with E-state index in [1.165, 1.54) is 6.42 Å². The lowest BCUT2D eigenvalue weighted by atomic mass is 10.0. The molecular formula is C12H25NO. The normalized spacial score (nSPS) is 29.4. The van der Waals surface area contributed by atoms with Gasteiger partial charge in [-0.05, 0) is 31.2 Å². The van der Waals surface area contributed by atoms with Crippen molar-refractivity contribution in [3.05, 3.63) is 0 Å². The smallest absolute Gasteiger partial charge is 0.0682 e. The molecule has 0 saturated carbocycles. The number of hydrogen-bond donors (Lipinski definition) is 1. The predicted molar refractivity (Wildman–Crippen MR) is 60.3 cm³/mol. The summed E-state index contributed by atoms with van der Waals surface area (Å²) in [5, 5.41) is 9.64. The van der Waals surface area contributed by atoms with Gasteiger partial charge >= 0.3 is 0 Å². The van der Waals surface area contributed by atoms with E-state index in [2.05, 4.69) is 32.6 Å². The monoisotopic (exact) mass is 199 g/mol. The summed E-state index contributed by atoms with van der Waals surface area (Å²) in [5.74, 6) is 1.43. The van der Waals surface area contributed by atoms with Crippen LogP contribution in [0, 0.1) is 11.8 Å². The summed E-state index contributed by atoms with van der Waals surface area (Å²) < 4.78 is 0. The largest absolute Gasteiger partial charge is 0.392 e. The van der Waals surface area contributed by atoms with Crippen LogP contribution in [0.3, 0.4) is 0 Å². The molecule has 14 heavy (non-hydrogen) atoms. The molecule has 84 valence electrons. The molecule has 0 aliphatic carbocycles. The number of aliphatic hydroxyl groups is 1. The molecule has 0 amide bonds. The molecule has 1 rings (SSSR count). The minimum atomic E-state index is -0.0884. The number of aliphatic hydroxyl groups excluding tert-OH is 1. The van der Waals surface area contributed by atoms with E-state index >= 15 is 0 Å². The first-order chi connectivity index (χ1) is 6.50. The molecule has 0 aromatic carbocycles. The van der Waals surface area contributed by atoms with E-state index in [0.29, 0.717) is 12.0 Å². The highest BCUT2D eigenvalue weighted by molar-refractivity contribution is 4.86. The molecule has 1 saturated heterocycles. The average molecular weight is 199 g/mol. The van der Waals surface area contributed by atoms with Gasteiger partial charge in [-0.2, -0.15) is 0 Å². The van der Waals surface area contributed by atoms with Crippen molar-refractivity contribution in [3.8, 4) is 0 Å². The van der Waals surface area contributed by atoms with Crippen LogP contribution in [0.25, 0.3) is 0 Å². The minimum absolute atomic E-state index is 0.0884. The second-order valence-electron chi connectivity index (χ2n) is 5.38. The SMILES string of the molecule is CC(C)CCN1C[C@@H](O)C[C@H]1C(C)C. The summed E-state index contributed by atoms with van der Waals surface area (Å²) in [6.45, 7) is 11.1. The molecule has 2 heteroatoms. The molecule has 2 atom stereocenters. The molecule has 1 aliphatic rings. The lowest BCUT2D eigenvalue weighted by molar-refractivity contribution is 0.168. The molecule has 0 bridgehead atoms. The Morgan fingerprint density at radius 2 is 1.93 bits per heavy atom. The number of rotatable bonds is 4. The number of likely N-dealkylation sites (tertiary alicyclic amines) is 1. The van der Waals surface area contributed by atoms with Crippen molar-refractivity contribution < 1.29 is 5.11 Å². The lowest BCUT2D eigenvalue weighted by Gasteiger charge is -2.27. The van der Waals surface area contributed by atoms with Gasteiger partial charge in [0.1, 0.15) is 0 Å². The number of β-amino-alcohol motifs (C(OH)–C–C–N with tert-alkyl or cyclic N) is 1. The third-order valence-electron chi connectivity index (χ3n) is 3.19. The van der Waals surface area contributed by atoms with Gasteiger partial charge in [-0.25, -0.2) is 0 Å². The quantitative estimate of drug-likeness (QED) is 0.749. The van der Waals surface area contributed by atoms with Crippen LogP contribution in [0.1, 0.15) is 40.5 Å². The van der Waals surface area contributed by atoms with Crippen molar-refractivity contribution in [1.82, 2.24) is 4.90 Å². The molecule has 1 aliphatic heterocycles. The van der Waals surface area contributed by atoms with Crippen molar-refractivity contribution in [1.29, 1.82) is 0 Å². The van der Waals surface area contributed by atoms with Crippen LogP contribution < -0.4 is 0 Å². The van der Waals surface area contributed by atoms with Crippen LogP contribution >= 0.6 is 0 Å². The van der Waals surface area contributed by atoms with Crippen LogP contribution in [0.5, 0.6) is 0 Å². The Balaban J connectivity index is 2.41. The van der Waals surface area contributed by atoms with E-state index in [0.717, 1.165) is 25.4 Å². The van der Waals surface area contributed by atoms with Gasteiger partial charge < -0.3 is 5.11 Å². The maximum Gasteiger partial charge on any atom is 0.0682 e. The molecule has 1 N–H and O–H groups in total. The summed E-state index contributed by atoms with van der Waals surface area (Å²) in [5.41, 5.74) is 0. The zero-order valence-corrected chi connectivity index (χ0v) is 10.0. The van der Waals surface area contributed by atoms with E-state index in [-0.39, 0.29) is 6.10 Å². The maximum atomic E-state index is 9.64. The first-order valence-electron chi connectivity index (χ1n) is 5.92. The second-order valence-corrected chi connectivity index (χ2v) is 5.38. The highest BCUT2D eigenvalue weighted by atomic mass is 16.3. The maximum absolute atomic E-state index is 9.64. The van der Waals surface area contributed by atoms with Crippen LogP contribution in [-0.4, -0.2) is 35.2 Å². The van der Waals surface area contributed by atoms with E-state index in [1.807, 2.05) is 0 Å². The molecule has 0 spiro atoms. The second kappa shape index (κ2) is 5.13. The third-order valence-corrected chi connectivity index (χ3v) is 3.19. The Labute approximate surface area is 88.3 Å². The standard InChI is InChI=1S/C12H25NO/c1-9(2)5-6-13-8-11(14)7-12(13)10(3)4/h9-12,14H,5-8H2,1-4H3/t11-,12-/m0/s1. The van der Waals surface area contributed by atoms with Gasteiger partial charge in [-0.3, -0.25) is 4.90 Å². The highest BCUT2D eigenvalue weighted by Gasteiger charge is 2.32. The van der Waals surface area contributed by atoms with E-state index in [1.54, 1.807) is 0 Å². The molecule has 0 aromatic heterocycles. The lowest BCUT2D eigenvalue weighted by Crippen LogP contribution is -2.34. The Hall–Kier alpha value is -0.0800. The van der Waals surface area contributed by atoms with Crippen LogP contribution in [-0.2, 0) is 0 Å². The van der Waals surface area contributed by atoms with Crippen molar-refractivity contribution in [2.75, 3.05) is 13.1 Å². The Kier molecular flexibility index (Phi) is 4.39. The van der Waals surface area contributed by atoms with Crippen LogP contribution in [0.15, 0.2) is 0 Å². The van der Waals surface area contributed by atoms with Crippen molar-refractivity contribution in [2.45, 2.75) is 52.7 Å². The molecule has 0 aromatic rings. The average Bonchev–Trinajstić information content (AvgIpc) is 2.43. The van der Waals surface area contributed by atoms with E-state index in [4.69, 9.17) is 0 Å². The van der Waals surface area contributed by atoms with E-state index in [9.17, 15) is 5.11 Å². The molecule has 2 nitrogen and oxygen atoms in total. The summed E-state index contributed by atoms with van der Waals surface area (Å²) in [4.78, 5) is 2.47. The summed E-state index contributed by atoms with van der Waals surface area (Å²) in [7, 11) is 0. The molecular weight excluding hydrogens is 174 g/mol. The fourth-order valence-electron chi connectivity index (χ4n) is 2.28. The molecule has 1 heterocycles. The topological polar surface area (TPSA) is 23.5 Å². The summed E-state index contributed by atoms with van der Waals surface area (Å²) in [6, 6.07) is 0.601. The van der Waals surface area contributed by atoms with E-state index < -0.39 is 0 Å². The van der Waals surface area contributed by atoms with Gasteiger partial charge in [0.25, 0.3) is 0 Å². The van der Waals surface area contributed by atoms with Crippen molar-refractivity contribution in [3.63, 3.8) is 0 Å². The summed E-state index contributed by atoms with van der Waals surface area (Å²) in [6.07, 6.45) is 2.13. The van der Waals surface area contributed by atoms with Gasteiger partial charge in [0.05, 0.1) is 6.10 Å². The van der Waals surface area contributed by atoms with Crippen LogP contribution in [0.2, 0.25) is 0 Å². The Morgan fingerprint density at radius 3 is 2.43 bits per heavy atom. The Bertz CT molecular complexity index is 168. The van der Waals surface area contributed by atoms with Gasteiger partial charge in [-0.15, -0.1) is 0 Å². The highest BCUT2D eigenvalue weighted by Crippen LogP contribution is 2.24. The Morgan fingerprint density at radius 1 is 1.29 bits per heavy atom. The van der Waals surface area contributed by atoms with Gasteiger partial charge in [0.15, 0.2) is 0 Å². The van der Waals surface area contributed by atoms with Crippen molar-refractivity contribution in [2.24, 2.45) is 11.8 Å². The zero-order valence-electron chi connectivity index (χ0n) is 10.0. The van der Waals surface area contributed by atoms with Gasteiger partial charge in [-0.1, -0.05) is 27.7 Å². The molecule has 0 unspecified atom stereocenters. The molecule has 0 radical (unpaired) electrons. The fraction of sp³-hybridized carbons (Fsp3) is 1.00. The number of nitrogens with zero attached hydrogens (tertiary/aromatic N) is 1. The zero-order chi connectivity index (χ0) is 10.7. The van der Waals surface area contributed by atoms with Crippen molar-refractivity contribution >= 4 is 0 Å². The summed E-state index contributed by atoms with van der Waals surface area (Å²) >= 11 is 0. The number of hydrogen-bond acceptors (Lipinski definition) is 2. The molecule has 1 fully saturated rings.